The number of ether oxygens (including phenoxy) is 1. The minimum atomic E-state index is -0.793. The fourth-order valence-corrected chi connectivity index (χ4v) is 2.78. The molecule has 2 heterocycles. The number of carbonyl (C=O) groups is 2. The van der Waals surface area contributed by atoms with Crippen molar-refractivity contribution in [3.05, 3.63) is 30.1 Å². The Kier molecular flexibility index (Phi) is 6.10. The van der Waals surface area contributed by atoms with Gasteiger partial charge in [0.2, 0.25) is 11.8 Å². The summed E-state index contributed by atoms with van der Waals surface area (Å²) < 4.78 is 5.26. The van der Waals surface area contributed by atoms with Crippen LogP contribution in [0.25, 0.3) is 0 Å². The topological polar surface area (TPSA) is 71.5 Å². The molecule has 0 bridgehead atoms. The van der Waals surface area contributed by atoms with E-state index in [9.17, 15) is 9.59 Å². The van der Waals surface area contributed by atoms with Crippen LogP contribution in [0.1, 0.15) is 38.7 Å². The van der Waals surface area contributed by atoms with Gasteiger partial charge in [0.15, 0.2) is 0 Å². The highest BCUT2D eigenvalue weighted by Gasteiger charge is 2.46. The Hall–Kier alpha value is -1.95. The number of rotatable bonds is 8. The smallest absolute Gasteiger partial charge is 0.245 e. The van der Waals surface area contributed by atoms with Crippen LogP contribution < -0.4 is 5.32 Å². The van der Waals surface area contributed by atoms with Gasteiger partial charge in [0.25, 0.3) is 0 Å². The quantitative estimate of drug-likeness (QED) is 0.737. The minimum absolute atomic E-state index is 0.0146. The van der Waals surface area contributed by atoms with Crippen molar-refractivity contribution in [3.63, 3.8) is 0 Å². The third-order valence-electron chi connectivity index (χ3n) is 4.23. The van der Waals surface area contributed by atoms with Gasteiger partial charge < -0.3 is 15.0 Å². The van der Waals surface area contributed by atoms with E-state index in [2.05, 4.69) is 10.3 Å². The lowest BCUT2D eigenvalue weighted by atomic mass is 9.97. The van der Waals surface area contributed by atoms with Gasteiger partial charge in [0.1, 0.15) is 5.54 Å². The Balaban J connectivity index is 1.96. The van der Waals surface area contributed by atoms with E-state index in [1.807, 2.05) is 26.0 Å². The van der Waals surface area contributed by atoms with Gasteiger partial charge in [-0.25, -0.2) is 0 Å². The summed E-state index contributed by atoms with van der Waals surface area (Å²) in [5, 5.41) is 2.93. The van der Waals surface area contributed by atoms with Crippen molar-refractivity contribution in [2.45, 2.75) is 45.2 Å². The van der Waals surface area contributed by atoms with Crippen molar-refractivity contribution in [1.82, 2.24) is 15.2 Å². The molecule has 0 unspecified atom stereocenters. The van der Waals surface area contributed by atoms with E-state index in [1.54, 1.807) is 17.3 Å². The zero-order chi connectivity index (χ0) is 16.7. The van der Waals surface area contributed by atoms with Gasteiger partial charge in [-0.1, -0.05) is 6.07 Å². The van der Waals surface area contributed by atoms with E-state index < -0.39 is 5.54 Å². The van der Waals surface area contributed by atoms with Gasteiger partial charge in [-0.2, -0.15) is 0 Å². The molecule has 1 atom stereocenters. The Morgan fingerprint density at radius 2 is 2.35 bits per heavy atom. The van der Waals surface area contributed by atoms with Crippen LogP contribution in [0.3, 0.4) is 0 Å². The Bertz CT molecular complexity index is 535. The van der Waals surface area contributed by atoms with Gasteiger partial charge in [-0.15, -0.1) is 0 Å². The molecule has 2 amide bonds. The van der Waals surface area contributed by atoms with Crippen LogP contribution in [0, 0.1) is 0 Å². The average Bonchev–Trinajstić information content (AvgIpc) is 2.85. The van der Waals surface area contributed by atoms with Gasteiger partial charge in [0.05, 0.1) is 0 Å². The molecule has 0 saturated carbocycles. The van der Waals surface area contributed by atoms with Crippen LogP contribution in [-0.4, -0.2) is 47.0 Å². The Morgan fingerprint density at radius 1 is 1.52 bits per heavy atom. The van der Waals surface area contributed by atoms with Crippen LogP contribution in [0.4, 0.5) is 0 Å². The maximum atomic E-state index is 12.6. The SMILES string of the molecule is CCOCCCNC(=O)[C@@]1(C)CCC(=O)N1Cc1cccnc1. The van der Waals surface area contributed by atoms with Crippen LogP contribution in [0.5, 0.6) is 0 Å². The molecule has 1 saturated heterocycles. The molecule has 1 fully saturated rings. The van der Waals surface area contributed by atoms with E-state index >= 15 is 0 Å². The first-order valence-electron chi connectivity index (χ1n) is 8.13. The largest absolute Gasteiger partial charge is 0.382 e. The zero-order valence-electron chi connectivity index (χ0n) is 13.9. The summed E-state index contributed by atoms with van der Waals surface area (Å²) in [6, 6.07) is 3.75. The fraction of sp³-hybridized carbons (Fsp3) is 0.588. The zero-order valence-corrected chi connectivity index (χ0v) is 13.9. The van der Waals surface area contributed by atoms with Gasteiger partial charge in [-0.05, 0) is 38.3 Å². The third-order valence-corrected chi connectivity index (χ3v) is 4.23. The maximum Gasteiger partial charge on any atom is 0.245 e. The fourth-order valence-electron chi connectivity index (χ4n) is 2.78. The highest BCUT2D eigenvalue weighted by Crippen LogP contribution is 2.31. The third kappa shape index (κ3) is 4.28. The van der Waals surface area contributed by atoms with E-state index in [0.29, 0.717) is 39.1 Å². The molecule has 126 valence electrons. The van der Waals surface area contributed by atoms with Crippen molar-refractivity contribution in [1.29, 1.82) is 0 Å². The van der Waals surface area contributed by atoms with Gasteiger partial charge in [-0.3, -0.25) is 14.6 Å². The van der Waals surface area contributed by atoms with Gasteiger partial charge in [0, 0.05) is 45.1 Å². The first kappa shape index (κ1) is 17.4. The van der Waals surface area contributed by atoms with Crippen molar-refractivity contribution < 1.29 is 14.3 Å². The lowest BCUT2D eigenvalue weighted by molar-refractivity contribution is -0.141. The second-order valence-electron chi connectivity index (χ2n) is 5.92. The van der Waals surface area contributed by atoms with E-state index in [1.165, 1.54) is 0 Å². The summed E-state index contributed by atoms with van der Waals surface area (Å²) in [6.45, 7) is 6.07. The number of nitrogens with zero attached hydrogens (tertiary/aromatic N) is 2. The molecule has 6 nitrogen and oxygen atoms in total. The highest BCUT2D eigenvalue weighted by atomic mass is 16.5. The summed E-state index contributed by atoms with van der Waals surface area (Å²) in [5.41, 5.74) is 0.136. The first-order chi connectivity index (χ1) is 11.1. The molecule has 0 radical (unpaired) electrons. The molecule has 0 aromatic carbocycles. The van der Waals surface area contributed by atoms with Crippen LogP contribution in [-0.2, 0) is 20.9 Å². The lowest BCUT2D eigenvalue weighted by Crippen LogP contribution is -2.54. The summed E-state index contributed by atoms with van der Waals surface area (Å²) in [6.07, 6.45) is 5.14. The van der Waals surface area contributed by atoms with E-state index in [4.69, 9.17) is 4.74 Å². The number of nitrogens with one attached hydrogen (secondary N) is 1. The summed E-state index contributed by atoms with van der Waals surface area (Å²) in [7, 11) is 0. The average molecular weight is 319 g/mol. The molecule has 1 aromatic heterocycles. The van der Waals surface area contributed by atoms with Gasteiger partial charge >= 0.3 is 0 Å². The predicted molar refractivity (Wildman–Crippen MR) is 86.5 cm³/mol. The number of likely N-dealkylation sites (tertiary alicyclic amines) is 1. The molecule has 6 heteroatoms. The monoisotopic (exact) mass is 319 g/mol. The molecule has 0 aliphatic carbocycles. The molecule has 2 rings (SSSR count). The summed E-state index contributed by atoms with van der Waals surface area (Å²) in [4.78, 5) is 30.5. The Labute approximate surface area is 137 Å². The number of hydrogen-bond acceptors (Lipinski definition) is 4. The Morgan fingerprint density at radius 3 is 3.04 bits per heavy atom. The second kappa shape index (κ2) is 8.06. The number of hydrogen-bond donors (Lipinski definition) is 1. The summed E-state index contributed by atoms with van der Waals surface area (Å²) in [5.74, 6) is -0.0791. The maximum absolute atomic E-state index is 12.6. The number of pyridine rings is 1. The van der Waals surface area contributed by atoms with E-state index in [-0.39, 0.29) is 11.8 Å². The predicted octanol–water partition coefficient (Wildman–Crippen LogP) is 1.51. The molecule has 0 spiro atoms. The number of amides is 2. The lowest BCUT2D eigenvalue weighted by Gasteiger charge is -2.34. The van der Waals surface area contributed by atoms with Crippen molar-refractivity contribution >= 4 is 11.8 Å². The molecule has 1 aliphatic heterocycles. The van der Waals surface area contributed by atoms with Crippen LogP contribution in [0.2, 0.25) is 0 Å². The molecular formula is C17H25N3O3. The molecule has 1 N–H and O–H groups in total. The van der Waals surface area contributed by atoms with Crippen LogP contribution in [0.15, 0.2) is 24.5 Å². The van der Waals surface area contributed by atoms with Crippen molar-refractivity contribution in [2.24, 2.45) is 0 Å². The van der Waals surface area contributed by atoms with Crippen molar-refractivity contribution in [3.8, 4) is 0 Å². The second-order valence-corrected chi connectivity index (χ2v) is 5.92. The minimum Gasteiger partial charge on any atom is -0.382 e. The van der Waals surface area contributed by atoms with Crippen LogP contribution >= 0.6 is 0 Å². The summed E-state index contributed by atoms with van der Waals surface area (Å²) >= 11 is 0. The van der Waals surface area contributed by atoms with Crippen molar-refractivity contribution in [2.75, 3.05) is 19.8 Å². The highest BCUT2D eigenvalue weighted by molar-refractivity contribution is 5.94. The molecule has 1 aromatic rings. The normalized spacial score (nSPS) is 20.8. The number of carbonyl (C=O) groups excluding carboxylic acids is 2. The molecule has 1 aliphatic rings. The molecule has 23 heavy (non-hydrogen) atoms. The standard InChI is InChI=1S/C17H25N3O3/c1-3-23-11-5-10-19-16(22)17(2)8-7-15(21)20(17)13-14-6-4-9-18-12-14/h4,6,9,12H,3,5,7-8,10-11,13H2,1-2H3,(H,19,22)/t17-/m1/s1. The number of aromatic nitrogens is 1. The molecular weight excluding hydrogens is 294 g/mol. The first-order valence-corrected chi connectivity index (χ1v) is 8.13. The van der Waals surface area contributed by atoms with E-state index in [0.717, 1.165) is 12.0 Å².